The lowest BCUT2D eigenvalue weighted by atomic mass is 9.95. The summed E-state index contributed by atoms with van der Waals surface area (Å²) in [5, 5.41) is 3.25. The maximum atomic E-state index is 5.61. The molecule has 0 spiro atoms. The van der Waals surface area contributed by atoms with E-state index < -0.39 is 0 Å². The van der Waals surface area contributed by atoms with Gasteiger partial charge in [-0.15, -0.1) is 0 Å². The number of piperidine rings is 1. The van der Waals surface area contributed by atoms with Crippen LogP contribution in [-0.2, 0) is 11.3 Å². The molecule has 1 atom stereocenters. The van der Waals surface area contributed by atoms with E-state index in [9.17, 15) is 0 Å². The summed E-state index contributed by atoms with van der Waals surface area (Å²) in [5.41, 5.74) is 0.916. The first kappa shape index (κ1) is 14.2. The number of hydrogen-bond donors (Lipinski definition) is 1. The lowest BCUT2D eigenvalue weighted by Crippen LogP contribution is -2.47. The number of aromatic nitrogens is 2. The first-order chi connectivity index (χ1) is 9.17. The summed E-state index contributed by atoms with van der Waals surface area (Å²) < 4.78 is 5.61. The molecule has 5 heteroatoms. The second kappa shape index (κ2) is 6.30. The van der Waals surface area contributed by atoms with Crippen LogP contribution in [0.3, 0.4) is 0 Å². The highest BCUT2D eigenvalue weighted by atomic mass is 16.5. The molecule has 1 aromatic rings. The summed E-state index contributed by atoms with van der Waals surface area (Å²) in [5.74, 6) is 0.947. The molecule has 1 aromatic heterocycles. The minimum atomic E-state index is -0.0671. The van der Waals surface area contributed by atoms with Crippen LogP contribution in [0.25, 0.3) is 0 Å². The average Bonchev–Trinajstić information content (AvgIpc) is 2.46. The molecule has 1 saturated heterocycles. The second-order valence-corrected chi connectivity index (χ2v) is 5.33. The molecule has 5 nitrogen and oxygen atoms in total. The fraction of sp³-hybridized carbons (Fsp3) is 0.714. The van der Waals surface area contributed by atoms with Crippen LogP contribution in [0.1, 0.15) is 32.4 Å². The number of rotatable bonds is 5. The van der Waals surface area contributed by atoms with E-state index >= 15 is 0 Å². The number of nitrogens with one attached hydrogen (secondary N) is 1. The van der Waals surface area contributed by atoms with Gasteiger partial charge in [-0.1, -0.05) is 6.92 Å². The Morgan fingerprint density at radius 3 is 2.89 bits per heavy atom. The second-order valence-electron chi connectivity index (χ2n) is 5.33. The van der Waals surface area contributed by atoms with Gasteiger partial charge in [0.05, 0.1) is 23.7 Å². The van der Waals surface area contributed by atoms with Gasteiger partial charge in [0.25, 0.3) is 0 Å². The topological polar surface area (TPSA) is 50.3 Å². The van der Waals surface area contributed by atoms with E-state index in [-0.39, 0.29) is 5.60 Å². The van der Waals surface area contributed by atoms with E-state index in [1.165, 1.54) is 0 Å². The van der Waals surface area contributed by atoms with Gasteiger partial charge in [0.15, 0.2) is 0 Å². The summed E-state index contributed by atoms with van der Waals surface area (Å²) in [6, 6.07) is 0. The van der Waals surface area contributed by atoms with E-state index in [4.69, 9.17) is 4.74 Å². The molecule has 1 fully saturated rings. The largest absolute Gasteiger partial charge is 0.377 e. The van der Waals surface area contributed by atoms with Crippen LogP contribution in [0.15, 0.2) is 12.4 Å². The fourth-order valence-corrected chi connectivity index (χ4v) is 2.42. The predicted molar refractivity (Wildman–Crippen MR) is 76.3 cm³/mol. The van der Waals surface area contributed by atoms with Crippen molar-refractivity contribution in [2.24, 2.45) is 0 Å². The zero-order chi connectivity index (χ0) is 13.7. The van der Waals surface area contributed by atoms with Gasteiger partial charge in [0, 0.05) is 26.7 Å². The van der Waals surface area contributed by atoms with Gasteiger partial charge in [-0.3, -0.25) is 4.98 Å². The monoisotopic (exact) mass is 264 g/mol. The van der Waals surface area contributed by atoms with Crippen molar-refractivity contribution in [3.05, 3.63) is 18.1 Å². The lowest BCUT2D eigenvalue weighted by molar-refractivity contribution is -0.00482. The molecule has 2 rings (SSSR count). The van der Waals surface area contributed by atoms with Crippen LogP contribution in [0.2, 0.25) is 0 Å². The third-order valence-electron chi connectivity index (χ3n) is 3.72. The number of methoxy groups -OCH3 is 1. The van der Waals surface area contributed by atoms with Crippen molar-refractivity contribution >= 4 is 5.82 Å². The third kappa shape index (κ3) is 3.64. The molecule has 19 heavy (non-hydrogen) atoms. The summed E-state index contributed by atoms with van der Waals surface area (Å²) in [6.45, 7) is 7.87. The van der Waals surface area contributed by atoms with Crippen LogP contribution in [-0.4, -0.2) is 42.3 Å². The highest BCUT2D eigenvalue weighted by molar-refractivity contribution is 5.37. The van der Waals surface area contributed by atoms with Crippen LogP contribution < -0.4 is 10.2 Å². The van der Waals surface area contributed by atoms with Gasteiger partial charge in [-0.25, -0.2) is 4.98 Å². The Morgan fingerprint density at radius 2 is 2.26 bits per heavy atom. The lowest BCUT2D eigenvalue weighted by Gasteiger charge is -2.39. The smallest absolute Gasteiger partial charge is 0.147 e. The van der Waals surface area contributed by atoms with Gasteiger partial charge in [0.1, 0.15) is 5.82 Å². The van der Waals surface area contributed by atoms with E-state index in [1.54, 1.807) is 7.11 Å². The molecule has 0 saturated carbocycles. The molecule has 1 unspecified atom stereocenters. The number of hydrogen-bond acceptors (Lipinski definition) is 5. The highest BCUT2D eigenvalue weighted by Crippen LogP contribution is 2.26. The van der Waals surface area contributed by atoms with E-state index in [2.05, 4.69) is 34.0 Å². The quantitative estimate of drug-likeness (QED) is 0.875. The summed E-state index contributed by atoms with van der Waals surface area (Å²) in [7, 11) is 1.79. The summed E-state index contributed by atoms with van der Waals surface area (Å²) in [6.07, 6.45) is 5.96. The van der Waals surface area contributed by atoms with Gasteiger partial charge in [-0.2, -0.15) is 0 Å². The normalized spacial score (nSPS) is 23.6. The zero-order valence-electron chi connectivity index (χ0n) is 12.1. The summed E-state index contributed by atoms with van der Waals surface area (Å²) >= 11 is 0. The molecular weight excluding hydrogens is 240 g/mol. The van der Waals surface area contributed by atoms with Crippen LogP contribution in [0, 0.1) is 0 Å². The fourth-order valence-electron chi connectivity index (χ4n) is 2.42. The van der Waals surface area contributed by atoms with E-state index in [0.717, 1.165) is 50.5 Å². The molecule has 106 valence electrons. The Labute approximate surface area is 115 Å². The maximum Gasteiger partial charge on any atom is 0.147 e. The van der Waals surface area contributed by atoms with Gasteiger partial charge < -0.3 is 15.0 Å². The standard InChI is InChI=1S/C14H24N4O/c1-4-15-8-12-9-17-13(10-16-12)18-7-5-6-14(2,11-18)19-3/h9-10,15H,4-8,11H2,1-3H3. The van der Waals surface area contributed by atoms with Crippen molar-refractivity contribution in [2.75, 3.05) is 31.6 Å². The van der Waals surface area contributed by atoms with E-state index in [1.807, 2.05) is 12.4 Å². The molecule has 0 radical (unpaired) electrons. The first-order valence-electron chi connectivity index (χ1n) is 6.98. The Hall–Kier alpha value is -1.20. The van der Waals surface area contributed by atoms with Crippen molar-refractivity contribution < 1.29 is 4.74 Å². The number of ether oxygens (including phenoxy) is 1. The van der Waals surface area contributed by atoms with Crippen LogP contribution in [0.5, 0.6) is 0 Å². The number of anilines is 1. The molecule has 2 heterocycles. The van der Waals surface area contributed by atoms with Crippen molar-refractivity contribution in [2.45, 2.75) is 38.8 Å². The SMILES string of the molecule is CCNCc1cnc(N2CCCC(C)(OC)C2)cn1. The Bertz CT molecular complexity index is 395. The molecule has 1 N–H and O–H groups in total. The summed E-state index contributed by atoms with van der Waals surface area (Å²) in [4.78, 5) is 11.2. The Kier molecular flexibility index (Phi) is 4.71. The Morgan fingerprint density at radius 1 is 1.42 bits per heavy atom. The molecule has 1 aliphatic heterocycles. The Balaban J connectivity index is 2.01. The maximum absolute atomic E-state index is 5.61. The van der Waals surface area contributed by atoms with Crippen molar-refractivity contribution in [3.8, 4) is 0 Å². The molecule has 1 aliphatic rings. The van der Waals surface area contributed by atoms with Gasteiger partial charge >= 0.3 is 0 Å². The molecule has 0 bridgehead atoms. The van der Waals surface area contributed by atoms with Gasteiger partial charge in [-0.05, 0) is 26.3 Å². The predicted octanol–water partition coefficient (Wildman–Crippen LogP) is 1.59. The van der Waals surface area contributed by atoms with Crippen molar-refractivity contribution in [1.29, 1.82) is 0 Å². The van der Waals surface area contributed by atoms with E-state index in [0.29, 0.717) is 0 Å². The molecule has 0 amide bonds. The minimum absolute atomic E-state index is 0.0671. The van der Waals surface area contributed by atoms with Crippen molar-refractivity contribution in [3.63, 3.8) is 0 Å². The highest BCUT2D eigenvalue weighted by Gasteiger charge is 2.31. The first-order valence-corrected chi connectivity index (χ1v) is 6.98. The van der Waals surface area contributed by atoms with Crippen LogP contribution >= 0.6 is 0 Å². The average molecular weight is 264 g/mol. The number of nitrogens with zero attached hydrogens (tertiary/aromatic N) is 3. The third-order valence-corrected chi connectivity index (χ3v) is 3.72. The molecular formula is C14H24N4O. The zero-order valence-corrected chi connectivity index (χ0v) is 12.1. The minimum Gasteiger partial charge on any atom is -0.377 e. The molecule has 0 aliphatic carbocycles. The van der Waals surface area contributed by atoms with Crippen LogP contribution in [0.4, 0.5) is 5.82 Å². The van der Waals surface area contributed by atoms with Crippen molar-refractivity contribution in [1.82, 2.24) is 15.3 Å². The van der Waals surface area contributed by atoms with Gasteiger partial charge in [0.2, 0.25) is 0 Å². The molecule has 0 aromatic carbocycles.